The van der Waals surface area contributed by atoms with Crippen LogP contribution in [0.25, 0.3) is 0 Å². The van der Waals surface area contributed by atoms with E-state index in [9.17, 15) is 10.1 Å². The highest BCUT2D eigenvalue weighted by molar-refractivity contribution is 9.10. The van der Waals surface area contributed by atoms with Crippen molar-refractivity contribution in [2.75, 3.05) is 24.5 Å². The van der Waals surface area contributed by atoms with E-state index in [1.54, 1.807) is 23.6 Å². The molecule has 0 saturated carbocycles. The molecule has 5 nitrogen and oxygen atoms in total. The zero-order chi connectivity index (χ0) is 16.7. The van der Waals surface area contributed by atoms with Crippen molar-refractivity contribution in [2.45, 2.75) is 13.0 Å². The molecule has 4 rings (SSSR count). The minimum atomic E-state index is 0.00201. The molecular weight excluding hydrogens is 388 g/mol. The van der Waals surface area contributed by atoms with Gasteiger partial charge in [-0.15, -0.1) is 11.3 Å². The van der Waals surface area contributed by atoms with Crippen molar-refractivity contribution >= 4 is 39.0 Å². The minimum absolute atomic E-state index is 0.00201. The number of fused-ring (bicyclic) bond motifs is 1. The standard InChI is InChI=1S/C17H15BrN4OS/c18-14-5-12(6-19)16(20-7-14)22-9-13(10-22)17(23)21-3-1-15-11(8-21)2-4-24-15/h2,4-5,7,13H,1,3,8-10H2. The van der Waals surface area contributed by atoms with Gasteiger partial charge in [-0.1, -0.05) is 0 Å². The smallest absolute Gasteiger partial charge is 0.229 e. The number of nitrogens with zero attached hydrogens (tertiary/aromatic N) is 4. The van der Waals surface area contributed by atoms with E-state index < -0.39 is 0 Å². The summed E-state index contributed by atoms with van der Waals surface area (Å²) in [5.41, 5.74) is 1.83. The summed E-state index contributed by atoms with van der Waals surface area (Å²) >= 11 is 5.11. The number of amides is 1. The first-order valence-corrected chi connectivity index (χ1v) is 9.47. The molecule has 24 heavy (non-hydrogen) atoms. The van der Waals surface area contributed by atoms with Gasteiger partial charge in [0.15, 0.2) is 0 Å². The molecular formula is C17H15BrN4OS. The van der Waals surface area contributed by atoms with Crippen LogP contribution in [-0.2, 0) is 17.8 Å². The number of hydrogen-bond acceptors (Lipinski definition) is 5. The highest BCUT2D eigenvalue weighted by Crippen LogP contribution is 2.30. The Morgan fingerprint density at radius 1 is 1.46 bits per heavy atom. The van der Waals surface area contributed by atoms with Crippen LogP contribution in [0.5, 0.6) is 0 Å². The number of rotatable bonds is 2. The van der Waals surface area contributed by atoms with Gasteiger partial charge in [0.25, 0.3) is 0 Å². The lowest BCUT2D eigenvalue weighted by Crippen LogP contribution is -2.55. The van der Waals surface area contributed by atoms with Crippen LogP contribution in [0.15, 0.2) is 28.2 Å². The van der Waals surface area contributed by atoms with Crippen molar-refractivity contribution in [1.82, 2.24) is 9.88 Å². The Hall–Kier alpha value is -1.91. The van der Waals surface area contributed by atoms with E-state index in [1.165, 1.54) is 10.4 Å². The predicted molar refractivity (Wildman–Crippen MR) is 95.8 cm³/mol. The van der Waals surface area contributed by atoms with E-state index in [0.29, 0.717) is 24.5 Å². The van der Waals surface area contributed by atoms with Crippen LogP contribution >= 0.6 is 27.3 Å². The number of nitriles is 1. The van der Waals surface area contributed by atoms with E-state index in [0.717, 1.165) is 24.0 Å². The predicted octanol–water partition coefficient (Wildman–Crippen LogP) is 2.80. The average molecular weight is 403 g/mol. The number of carbonyl (C=O) groups is 1. The first-order valence-electron chi connectivity index (χ1n) is 7.80. The van der Waals surface area contributed by atoms with Crippen LogP contribution in [0.3, 0.4) is 0 Å². The van der Waals surface area contributed by atoms with Gasteiger partial charge in [-0.3, -0.25) is 4.79 Å². The van der Waals surface area contributed by atoms with Crippen LogP contribution in [0.4, 0.5) is 5.82 Å². The molecule has 0 aromatic carbocycles. The molecule has 7 heteroatoms. The van der Waals surface area contributed by atoms with Gasteiger partial charge in [0.05, 0.1) is 11.5 Å². The topological polar surface area (TPSA) is 60.2 Å². The molecule has 0 aliphatic carbocycles. The fourth-order valence-corrected chi connectivity index (χ4v) is 4.49. The second-order valence-corrected chi connectivity index (χ2v) is 8.03. The molecule has 0 N–H and O–H groups in total. The van der Waals surface area contributed by atoms with Gasteiger partial charge in [0.1, 0.15) is 11.9 Å². The zero-order valence-corrected chi connectivity index (χ0v) is 15.3. The molecule has 0 unspecified atom stereocenters. The highest BCUT2D eigenvalue weighted by Gasteiger charge is 2.37. The Kier molecular flexibility index (Phi) is 4.02. The summed E-state index contributed by atoms with van der Waals surface area (Å²) in [6, 6.07) is 6.06. The van der Waals surface area contributed by atoms with Crippen LogP contribution in [0.2, 0.25) is 0 Å². The van der Waals surface area contributed by atoms with Gasteiger partial charge in [-0.2, -0.15) is 5.26 Å². The van der Waals surface area contributed by atoms with Gasteiger partial charge in [-0.05, 0) is 45.4 Å². The van der Waals surface area contributed by atoms with Crippen molar-refractivity contribution in [1.29, 1.82) is 5.26 Å². The summed E-state index contributed by atoms with van der Waals surface area (Å²) in [6.07, 6.45) is 2.65. The Morgan fingerprint density at radius 3 is 3.08 bits per heavy atom. The molecule has 0 atom stereocenters. The number of thiophene rings is 1. The molecule has 0 spiro atoms. The van der Waals surface area contributed by atoms with Crippen LogP contribution < -0.4 is 4.90 Å². The van der Waals surface area contributed by atoms with Crippen molar-refractivity contribution in [3.8, 4) is 6.07 Å². The van der Waals surface area contributed by atoms with E-state index in [2.05, 4.69) is 38.4 Å². The van der Waals surface area contributed by atoms with Crippen molar-refractivity contribution in [2.24, 2.45) is 5.92 Å². The van der Waals surface area contributed by atoms with Crippen molar-refractivity contribution in [3.63, 3.8) is 0 Å². The molecule has 2 aliphatic heterocycles. The Bertz CT molecular complexity index is 837. The average Bonchev–Trinajstić information content (AvgIpc) is 3.02. The number of pyridine rings is 1. The van der Waals surface area contributed by atoms with Crippen molar-refractivity contribution in [3.05, 3.63) is 44.2 Å². The molecule has 1 saturated heterocycles. The van der Waals surface area contributed by atoms with Crippen LogP contribution in [0, 0.1) is 17.2 Å². The largest absolute Gasteiger partial charge is 0.354 e. The van der Waals surface area contributed by atoms with E-state index >= 15 is 0 Å². The second-order valence-electron chi connectivity index (χ2n) is 6.12. The maximum absolute atomic E-state index is 12.7. The highest BCUT2D eigenvalue weighted by atomic mass is 79.9. The Morgan fingerprint density at radius 2 is 2.29 bits per heavy atom. The third kappa shape index (κ3) is 2.70. The molecule has 1 amide bonds. The first kappa shape index (κ1) is 15.6. The summed E-state index contributed by atoms with van der Waals surface area (Å²) in [5, 5.41) is 11.4. The number of aromatic nitrogens is 1. The lowest BCUT2D eigenvalue weighted by atomic mass is 9.96. The quantitative estimate of drug-likeness (QED) is 0.774. The molecule has 2 aliphatic rings. The fourth-order valence-electron chi connectivity index (χ4n) is 3.27. The van der Waals surface area contributed by atoms with E-state index in [4.69, 9.17) is 0 Å². The molecule has 4 heterocycles. The van der Waals surface area contributed by atoms with Gasteiger partial charge in [0, 0.05) is 41.7 Å². The van der Waals surface area contributed by atoms with Gasteiger partial charge >= 0.3 is 0 Å². The summed E-state index contributed by atoms with van der Waals surface area (Å²) in [5.74, 6) is 0.893. The lowest BCUT2D eigenvalue weighted by molar-refractivity contribution is -0.137. The molecule has 0 radical (unpaired) electrons. The second kappa shape index (κ2) is 6.19. The number of halogens is 1. The third-order valence-corrected chi connectivity index (χ3v) is 6.06. The summed E-state index contributed by atoms with van der Waals surface area (Å²) in [4.78, 5) is 22.4. The Labute approximate surface area is 152 Å². The summed E-state index contributed by atoms with van der Waals surface area (Å²) in [6.45, 7) is 2.81. The number of carbonyl (C=O) groups excluding carboxylic acids is 1. The molecule has 2 aromatic heterocycles. The normalized spacial score (nSPS) is 17.2. The maximum atomic E-state index is 12.7. The maximum Gasteiger partial charge on any atom is 0.229 e. The van der Waals surface area contributed by atoms with Crippen molar-refractivity contribution < 1.29 is 4.79 Å². The molecule has 122 valence electrons. The SMILES string of the molecule is N#Cc1cc(Br)cnc1N1CC(C(=O)N2CCc3sccc3C2)C1. The lowest BCUT2D eigenvalue weighted by Gasteiger charge is -2.42. The minimum Gasteiger partial charge on any atom is -0.354 e. The van der Waals surface area contributed by atoms with Crippen LogP contribution in [0.1, 0.15) is 16.0 Å². The fraction of sp³-hybridized carbons (Fsp3) is 0.353. The van der Waals surface area contributed by atoms with Gasteiger partial charge in [0.2, 0.25) is 5.91 Å². The van der Waals surface area contributed by atoms with E-state index in [1.807, 2.05) is 9.80 Å². The molecule has 2 aromatic rings. The first-order chi connectivity index (χ1) is 11.7. The van der Waals surface area contributed by atoms with Crippen LogP contribution in [-0.4, -0.2) is 35.4 Å². The number of anilines is 1. The number of hydrogen-bond donors (Lipinski definition) is 0. The Balaban J connectivity index is 1.41. The zero-order valence-electron chi connectivity index (χ0n) is 12.9. The third-order valence-electron chi connectivity index (χ3n) is 4.60. The van der Waals surface area contributed by atoms with E-state index in [-0.39, 0.29) is 11.8 Å². The summed E-state index contributed by atoms with van der Waals surface area (Å²) in [7, 11) is 0. The van der Waals surface area contributed by atoms with Gasteiger partial charge in [-0.25, -0.2) is 4.98 Å². The monoisotopic (exact) mass is 402 g/mol. The molecule has 0 bridgehead atoms. The summed E-state index contributed by atoms with van der Waals surface area (Å²) < 4.78 is 0.788. The molecule has 1 fully saturated rings. The van der Waals surface area contributed by atoms with Gasteiger partial charge < -0.3 is 9.80 Å².